The lowest BCUT2D eigenvalue weighted by molar-refractivity contribution is 0.469. The van der Waals surface area contributed by atoms with E-state index in [2.05, 4.69) is 31.0 Å². The average molecular weight is 268 g/mol. The summed E-state index contributed by atoms with van der Waals surface area (Å²) in [7, 11) is 0. The Labute approximate surface area is 110 Å². The van der Waals surface area contributed by atoms with Crippen LogP contribution in [0.1, 0.15) is 30.9 Å². The highest BCUT2D eigenvalue weighted by Crippen LogP contribution is 2.33. The van der Waals surface area contributed by atoms with Gasteiger partial charge in [-0.3, -0.25) is 0 Å². The molecule has 0 atom stereocenters. The quantitative estimate of drug-likeness (QED) is 0.779. The fourth-order valence-electron chi connectivity index (χ4n) is 1.59. The minimum atomic E-state index is 0.418. The average Bonchev–Trinajstić information content (AvgIpc) is 2.63. The van der Waals surface area contributed by atoms with E-state index in [0.29, 0.717) is 16.3 Å². The Morgan fingerprint density at radius 1 is 1.35 bits per heavy atom. The molecule has 0 aliphatic heterocycles. The molecule has 0 radical (unpaired) electrons. The first kappa shape index (κ1) is 12.4. The molecule has 0 bridgehead atoms. The van der Waals surface area contributed by atoms with E-state index < -0.39 is 0 Å². The number of aryl methyl sites for hydroxylation is 1. The number of hydrogen-bond donors (Lipinski definition) is 0. The Kier molecular flexibility index (Phi) is 3.69. The van der Waals surface area contributed by atoms with Gasteiger partial charge >= 0.3 is 0 Å². The standard InChI is InChI=1S/C13H14ClNOS/c1-8(2)10-5-4-9(3)6-11(10)16-13-15-12(14)7-17-13/h4-8H,1-3H3. The Bertz CT molecular complexity index is 522. The molecule has 1 heterocycles. The number of benzene rings is 1. The fourth-order valence-corrected chi connectivity index (χ4v) is 2.39. The zero-order valence-corrected chi connectivity index (χ0v) is 11.6. The zero-order chi connectivity index (χ0) is 12.4. The third-order valence-electron chi connectivity index (χ3n) is 2.44. The van der Waals surface area contributed by atoms with Crippen LogP contribution in [0.3, 0.4) is 0 Å². The third-order valence-corrected chi connectivity index (χ3v) is 3.48. The molecule has 0 fully saturated rings. The summed E-state index contributed by atoms with van der Waals surface area (Å²) in [4.78, 5) is 4.10. The Balaban J connectivity index is 2.33. The van der Waals surface area contributed by atoms with Crippen molar-refractivity contribution in [1.29, 1.82) is 0 Å². The van der Waals surface area contributed by atoms with Crippen LogP contribution < -0.4 is 4.74 Å². The molecule has 2 nitrogen and oxygen atoms in total. The zero-order valence-electron chi connectivity index (χ0n) is 10.0. The summed E-state index contributed by atoms with van der Waals surface area (Å²) in [6.07, 6.45) is 0. The van der Waals surface area contributed by atoms with Crippen molar-refractivity contribution in [3.63, 3.8) is 0 Å². The Morgan fingerprint density at radius 2 is 2.12 bits per heavy atom. The van der Waals surface area contributed by atoms with Gasteiger partial charge in [0.25, 0.3) is 5.19 Å². The molecule has 0 spiro atoms. The predicted octanol–water partition coefficient (Wildman–Crippen LogP) is 5.02. The van der Waals surface area contributed by atoms with Gasteiger partial charge in [0.15, 0.2) is 0 Å². The molecule has 0 N–H and O–H groups in total. The van der Waals surface area contributed by atoms with Crippen molar-refractivity contribution in [1.82, 2.24) is 4.98 Å². The van der Waals surface area contributed by atoms with E-state index in [1.54, 1.807) is 5.38 Å². The van der Waals surface area contributed by atoms with Gasteiger partial charge in [0.05, 0.1) is 0 Å². The van der Waals surface area contributed by atoms with Crippen molar-refractivity contribution >= 4 is 22.9 Å². The lowest BCUT2D eigenvalue weighted by atomic mass is 10.0. The lowest BCUT2D eigenvalue weighted by Gasteiger charge is -2.12. The fraction of sp³-hybridized carbons (Fsp3) is 0.308. The van der Waals surface area contributed by atoms with E-state index in [1.807, 2.05) is 13.0 Å². The van der Waals surface area contributed by atoms with Crippen LogP contribution in [0.15, 0.2) is 23.6 Å². The van der Waals surface area contributed by atoms with Crippen LogP contribution >= 0.6 is 22.9 Å². The van der Waals surface area contributed by atoms with Crippen LogP contribution in [0.25, 0.3) is 0 Å². The van der Waals surface area contributed by atoms with Gasteiger partial charge in [0, 0.05) is 5.38 Å². The van der Waals surface area contributed by atoms with Gasteiger partial charge in [-0.25, -0.2) is 0 Å². The molecule has 2 aromatic rings. The van der Waals surface area contributed by atoms with Gasteiger partial charge in [-0.2, -0.15) is 4.98 Å². The summed E-state index contributed by atoms with van der Waals surface area (Å²) in [5, 5.41) is 2.83. The number of aromatic nitrogens is 1. The summed E-state index contributed by atoms with van der Waals surface area (Å²) in [6.45, 7) is 6.34. The molecule has 1 aromatic heterocycles. The first-order valence-electron chi connectivity index (χ1n) is 5.45. The second-order valence-electron chi connectivity index (χ2n) is 4.23. The van der Waals surface area contributed by atoms with Crippen LogP contribution in [-0.4, -0.2) is 4.98 Å². The minimum Gasteiger partial charge on any atom is -0.431 e. The predicted molar refractivity (Wildman–Crippen MR) is 72.5 cm³/mol. The molecule has 0 amide bonds. The van der Waals surface area contributed by atoms with Gasteiger partial charge < -0.3 is 4.74 Å². The van der Waals surface area contributed by atoms with E-state index >= 15 is 0 Å². The number of ether oxygens (including phenoxy) is 1. The SMILES string of the molecule is Cc1ccc(C(C)C)c(Oc2nc(Cl)cs2)c1. The molecule has 90 valence electrons. The number of thiazole rings is 1. The molecule has 17 heavy (non-hydrogen) atoms. The highest BCUT2D eigenvalue weighted by atomic mass is 35.5. The molecular weight excluding hydrogens is 254 g/mol. The normalized spacial score (nSPS) is 10.9. The number of halogens is 1. The van der Waals surface area contributed by atoms with Gasteiger partial charge in [-0.15, -0.1) is 0 Å². The topological polar surface area (TPSA) is 22.1 Å². The second kappa shape index (κ2) is 5.07. The molecule has 0 saturated carbocycles. The molecule has 4 heteroatoms. The Morgan fingerprint density at radius 3 is 2.71 bits per heavy atom. The Hall–Kier alpha value is -1.06. The molecule has 2 rings (SSSR count). The maximum atomic E-state index is 5.80. The lowest BCUT2D eigenvalue weighted by Crippen LogP contribution is -1.94. The summed E-state index contributed by atoms with van der Waals surface area (Å²) in [6, 6.07) is 6.23. The largest absolute Gasteiger partial charge is 0.431 e. The van der Waals surface area contributed by atoms with Crippen LogP contribution in [0, 0.1) is 6.92 Å². The first-order valence-corrected chi connectivity index (χ1v) is 6.71. The number of nitrogens with zero attached hydrogens (tertiary/aromatic N) is 1. The molecule has 1 aromatic carbocycles. The van der Waals surface area contributed by atoms with Crippen LogP contribution in [0.2, 0.25) is 5.15 Å². The molecule has 0 aliphatic rings. The van der Waals surface area contributed by atoms with Crippen LogP contribution in [0.5, 0.6) is 10.9 Å². The van der Waals surface area contributed by atoms with Crippen molar-refractivity contribution < 1.29 is 4.74 Å². The maximum Gasteiger partial charge on any atom is 0.280 e. The van der Waals surface area contributed by atoms with E-state index in [1.165, 1.54) is 22.5 Å². The highest BCUT2D eigenvalue weighted by molar-refractivity contribution is 7.11. The van der Waals surface area contributed by atoms with Gasteiger partial charge in [-0.05, 0) is 30.0 Å². The summed E-state index contributed by atoms with van der Waals surface area (Å²) in [5.74, 6) is 1.28. The van der Waals surface area contributed by atoms with Crippen molar-refractivity contribution in [3.8, 4) is 10.9 Å². The van der Waals surface area contributed by atoms with Gasteiger partial charge in [-0.1, -0.05) is 48.9 Å². The monoisotopic (exact) mass is 267 g/mol. The minimum absolute atomic E-state index is 0.418. The number of rotatable bonds is 3. The number of hydrogen-bond acceptors (Lipinski definition) is 3. The maximum absolute atomic E-state index is 5.80. The van der Waals surface area contributed by atoms with Crippen molar-refractivity contribution in [3.05, 3.63) is 39.9 Å². The molecule has 0 unspecified atom stereocenters. The molecule has 0 aliphatic carbocycles. The van der Waals surface area contributed by atoms with Crippen molar-refractivity contribution in [2.24, 2.45) is 0 Å². The summed E-state index contributed by atoms with van der Waals surface area (Å²) < 4.78 is 5.80. The van der Waals surface area contributed by atoms with Crippen LogP contribution in [-0.2, 0) is 0 Å². The van der Waals surface area contributed by atoms with Gasteiger partial charge in [0.2, 0.25) is 0 Å². The van der Waals surface area contributed by atoms with Crippen molar-refractivity contribution in [2.75, 3.05) is 0 Å². The van der Waals surface area contributed by atoms with E-state index in [0.717, 1.165) is 5.75 Å². The van der Waals surface area contributed by atoms with E-state index in [-0.39, 0.29) is 0 Å². The van der Waals surface area contributed by atoms with Gasteiger partial charge in [0.1, 0.15) is 10.9 Å². The summed E-state index contributed by atoms with van der Waals surface area (Å²) >= 11 is 7.18. The third kappa shape index (κ3) is 2.99. The van der Waals surface area contributed by atoms with Crippen LogP contribution in [0.4, 0.5) is 0 Å². The van der Waals surface area contributed by atoms with Crippen molar-refractivity contribution in [2.45, 2.75) is 26.7 Å². The molecule has 0 saturated heterocycles. The molecular formula is C13H14ClNOS. The summed E-state index contributed by atoms with van der Waals surface area (Å²) in [5.41, 5.74) is 2.36. The first-order chi connectivity index (χ1) is 8.06. The van der Waals surface area contributed by atoms with E-state index in [4.69, 9.17) is 16.3 Å². The van der Waals surface area contributed by atoms with E-state index in [9.17, 15) is 0 Å². The highest BCUT2D eigenvalue weighted by Gasteiger charge is 2.10. The smallest absolute Gasteiger partial charge is 0.280 e. The second-order valence-corrected chi connectivity index (χ2v) is 5.44.